The molecule has 0 atom stereocenters. The Hall–Kier alpha value is -2.01. The second kappa shape index (κ2) is 6.83. The molecule has 3 heteroatoms. The maximum Gasteiger partial charge on any atom is 0.131 e. The fourth-order valence-corrected chi connectivity index (χ4v) is 2.34. The average Bonchev–Trinajstić information content (AvgIpc) is 2.52. The third-order valence-corrected chi connectivity index (χ3v) is 3.83. The molecule has 0 fully saturated rings. The molecule has 0 aromatic heterocycles. The van der Waals surface area contributed by atoms with Crippen LogP contribution in [0.1, 0.15) is 5.56 Å². The predicted molar refractivity (Wildman–Crippen MR) is 96.9 cm³/mol. The highest BCUT2D eigenvalue weighted by atomic mass is 127. The lowest BCUT2D eigenvalue weighted by atomic mass is 10.2. The maximum absolute atomic E-state index is 5.85. The fourth-order valence-electron chi connectivity index (χ4n) is 1.98. The van der Waals surface area contributed by atoms with Crippen LogP contribution in [0.15, 0.2) is 72.8 Å². The van der Waals surface area contributed by atoms with Crippen LogP contribution in [0.2, 0.25) is 0 Å². The SMILES string of the molecule is Cc1ccc(Oc2cccc(Oc3ccc(I)cc3)c2)cc1. The molecular weight excluding hydrogens is 387 g/mol. The minimum absolute atomic E-state index is 0.755. The summed E-state index contributed by atoms with van der Waals surface area (Å²) in [5.41, 5.74) is 1.21. The molecule has 0 aliphatic heterocycles. The number of hydrogen-bond donors (Lipinski definition) is 0. The first-order valence-corrected chi connectivity index (χ1v) is 8.05. The van der Waals surface area contributed by atoms with Crippen molar-refractivity contribution < 1.29 is 9.47 Å². The smallest absolute Gasteiger partial charge is 0.131 e. The quantitative estimate of drug-likeness (QED) is 0.485. The van der Waals surface area contributed by atoms with Gasteiger partial charge in [-0.3, -0.25) is 0 Å². The summed E-state index contributed by atoms with van der Waals surface area (Å²) in [4.78, 5) is 0. The number of aryl methyl sites for hydroxylation is 1. The predicted octanol–water partition coefficient (Wildman–Crippen LogP) is 6.18. The molecule has 0 unspecified atom stereocenters. The normalized spacial score (nSPS) is 10.3. The summed E-state index contributed by atoms with van der Waals surface area (Å²) in [7, 11) is 0. The van der Waals surface area contributed by atoms with Crippen LogP contribution in [-0.2, 0) is 0 Å². The van der Waals surface area contributed by atoms with E-state index in [0.29, 0.717) is 0 Å². The number of benzene rings is 3. The van der Waals surface area contributed by atoms with E-state index >= 15 is 0 Å². The van der Waals surface area contributed by atoms with Crippen molar-refractivity contribution in [2.24, 2.45) is 0 Å². The van der Waals surface area contributed by atoms with Crippen molar-refractivity contribution in [1.29, 1.82) is 0 Å². The topological polar surface area (TPSA) is 18.5 Å². The van der Waals surface area contributed by atoms with Gasteiger partial charge in [0.2, 0.25) is 0 Å². The van der Waals surface area contributed by atoms with Gasteiger partial charge in [0.25, 0.3) is 0 Å². The van der Waals surface area contributed by atoms with Crippen LogP contribution in [0.5, 0.6) is 23.0 Å². The van der Waals surface area contributed by atoms with Crippen LogP contribution >= 0.6 is 22.6 Å². The second-order valence-electron chi connectivity index (χ2n) is 4.95. The molecule has 0 heterocycles. The number of halogens is 1. The third-order valence-electron chi connectivity index (χ3n) is 3.11. The summed E-state index contributed by atoms with van der Waals surface area (Å²) in [5.74, 6) is 3.14. The highest BCUT2D eigenvalue weighted by molar-refractivity contribution is 14.1. The molecule has 0 amide bonds. The van der Waals surface area contributed by atoms with Gasteiger partial charge in [-0.15, -0.1) is 0 Å². The van der Waals surface area contributed by atoms with Crippen molar-refractivity contribution in [3.8, 4) is 23.0 Å². The Bertz CT molecular complexity index is 686. The van der Waals surface area contributed by atoms with Gasteiger partial charge in [-0.25, -0.2) is 0 Å². The van der Waals surface area contributed by atoms with Crippen LogP contribution in [0.4, 0.5) is 0 Å². The van der Waals surface area contributed by atoms with E-state index in [1.54, 1.807) is 0 Å². The van der Waals surface area contributed by atoms with Crippen molar-refractivity contribution in [2.45, 2.75) is 6.92 Å². The van der Waals surface area contributed by atoms with Crippen LogP contribution in [0, 0.1) is 10.5 Å². The summed E-state index contributed by atoms with van der Waals surface area (Å²) in [6.45, 7) is 2.05. The van der Waals surface area contributed by atoms with Crippen LogP contribution < -0.4 is 9.47 Å². The summed E-state index contributed by atoms with van der Waals surface area (Å²) in [6, 6.07) is 23.6. The Labute approximate surface area is 143 Å². The van der Waals surface area contributed by atoms with Gasteiger partial charge in [-0.2, -0.15) is 0 Å². The summed E-state index contributed by atoms with van der Waals surface area (Å²) in [6.07, 6.45) is 0. The number of hydrogen-bond acceptors (Lipinski definition) is 2. The minimum Gasteiger partial charge on any atom is -0.457 e. The zero-order valence-corrected chi connectivity index (χ0v) is 14.3. The Balaban J connectivity index is 1.74. The zero-order chi connectivity index (χ0) is 15.4. The molecule has 0 aliphatic carbocycles. The van der Waals surface area contributed by atoms with Crippen molar-refractivity contribution >= 4 is 22.6 Å². The lowest BCUT2D eigenvalue weighted by molar-refractivity contribution is 0.460. The maximum atomic E-state index is 5.85. The molecule has 22 heavy (non-hydrogen) atoms. The molecule has 0 spiro atoms. The van der Waals surface area contributed by atoms with E-state index in [-0.39, 0.29) is 0 Å². The van der Waals surface area contributed by atoms with Crippen LogP contribution in [-0.4, -0.2) is 0 Å². The molecule has 110 valence electrons. The molecule has 0 N–H and O–H groups in total. The molecule has 0 aliphatic rings. The first-order chi connectivity index (χ1) is 10.7. The minimum atomic E-state index is 0.755. The van der Waals surface area contributed by atoms with E-state index < -0.39 is 0 Å². The van der Waals surface area contributed by atoms with Crippen LogP contribution in [0.25, 0.3) is 0 Å². The highest BCUT2D eigenvalue weighted by Gasteiger charge is 2.01. The van der Waals surface area contributed by atoms with Gasteiger partial charge in [-0.05, 0) is 78.0 Å². The van der Waals surface area contributed by atoms with E-state index in [1.807, 2.05) is 72.8 Å². The summed E-state index contributed by atoms with van der Waals surface area (Å²) < 4.78 is 12.9. The molecular formula is C19H15IO2. The molecule has 3 aromatic rings. The summed E-state index contributed by atoms with van der Waals surface area (Å²) in [5, 5.41) is 0. The first kappa shape index (κ1) is 14.9. The Morgan fingerprint density at radius 2 is 1.14 bits per heavy atom. The van der Waals surface area contributed by atoms with Crippen molar-refractivity contribution in [1.82, 2.24) is 0 Å². The van der Waals surface area contributed by atoms with Gasteiger partial charge in [0.1, 0.15) is 23.0 Å². The lowest BCUT2D eigenvalue weighted by Gasteiger charge is -2.09. The molecule has 3 aromatic carbocycles. The molecule has 0 radical (unpaired) electrons. The van der Waals surface area contributed by atoms with E-state index in [0.717, 1.165) is 23.0 Å². The van der Waals surface area contributed by atoms with Crippen molar-refractivity contribution in [3.05, 3.63) is 81.9 Å². The average molecular weight is 402 g/mol. The molecule has 0 saturated carbocycles. The molecule has 0 saturated heterocycles. The van der Waals surface area contributed by atoms with Crippen molar-refractivity contribution in [3.63, 3.8) is 0 Å². The van der Waals surface area contributed by atoms with Gasteiger partial charge in [0, 0.05) is 9.64 Å². The Kier molecular flexibility index (Phi) is 4.63. The van der Waals surface area contributed by atoms with Gasteiger partial charge in [0.15, 0.2) is 0 Å². The van der Waals surface area contributed by atoms with E-state index in [1.165, 1.54) is 9.13 Å². The van der Waals surface area contributed by atoms with Crippen LogP contribution in [0.3, 0.4) is 0 Å². The van der Waals surface area contributed by atoms with Crippen molar-refractivity contribution in [2.75, 3.05) is 0 Å². The Morgan fingerprint density at radius 1 is 0.636 bits per heavy atom. The molecule has 3 rings (SSSR count). The largest absolute Gasteiger partial charge is 0.457 e. The molecule has 2 nitrogen and oxygen atoms in total. The standard InChI is InChI=1S/C19H15IO2/c1-14-5-9-16(10-6-14)21-18-3-2-4-19(13-18)22-17-11-7-15(20)8-12-17/h2-13H,1H3. The van der Waals surface area contributed by atoms with E-state index in [9.17, 15) is 0 Å². The van der Waals surface area contributed by atoms with E-state index in [2.05, 4.69) is 29.5 Å². The highest BCUT2D eigenvalue weighted by Crippen LogP contribution is 2.28. The molecule has 0 bridgehead atoms. The third kappa shape index (κ3) is 4.01. The Morgan fingerprint density at radius 3 is 1.68 bits per heavy atom. The number of ether oxygens (including phenoxy) is 2. The lowest BCUT2D eigenvalue weighted by Crippen LogP contribution is -1.87. The van der Waals surface area contributed by atoms with E-state index in [4.69, 9.17) is 9.47 Å². The summed E-state index contributed by atoms with van der Waals surface area (Å²) >= 11 is 2.27. The first-order valence-electron chi connectivity index (χ1n) is 6.97. The monoisotopic (exact) mass is 402 g/mol. The number of rotatable bonds is 4. The van der Waals surface area contributed by atoms with Gasteiger partial charge in [-0.1, -0.05) is 23.8 Å². The van der Waals surface area contributed by atoms with Gasteiger partial charge in [0.05, 0.1) is 0 Å². The fraction of sp³-hybridized carbons (Fsp3) is 0.0526. The van der Waals surface area contributed by atoms with Gasteiger partial charge >= 0.3 is 0 Å². The second-order valence-corrected chi connectivity index (χ2v) is 6.19. The zero-order valence-electron chi connectivity index (χ0n) is 12.1. The van der Waals surface area contributed by atoms with Gasteiger partial charge < -0.3 is 9.47 Å².